The molecule has 0 radical (unpaired) electrons. The van der Waals surface area contributed by atoms with E-state index >= 15 is 0 Å². The van der Waals surface area contributed by atoms with Gasteiger partial charge in [-0.2, -0.15) is 5.10 Å². The molecule has 1 saturated carbocycles. The maximum Gasteiger partial charge on any atom is 0.308 e. The quantitative estimate of drug-likeness (QED) is 0.769. The summed E-state index contributed by atoms with van der Waals surface area (Å²) in [5.41, 5.74) is 0.397. The highest BCUT2D eigenvalue weighted by molar-refractivity contribution is 9.10. The van der Waals surface area contributed by atoms with Gasteiger partial charge in [0, 0.05) is 16.1 Å². The molecule has 1 aliphatic carbocycles. The standard InChI is InChI=1S/C15H16BrFN2O2/c1-21-15(20)9-2-4-12(5-3-9)19-8-10-6-11(16)7-13(17)14(10)18-19/h6-9,12H,2-5H2,1H3/t9-,12-. The van der Waals surface area contributed by atoms with Crippen molar-refractivity contribution in [2.24, 2.45) is 5.92 Å². The Kier molecular flexibility index (Phi) is 3.97. The first-order valence-corrected chi connectivity index (χ1v) is 7.79. The van der Waals surface area contributed by atoms with Gasteiger partial charge in [-0.1, -0.05) is 15.9 Å². The van der Waals surface area contributed by atoms with E-state index in [2.05, 4.69) is 21.0 Å². The van der Waals surface area contributed by atoms with Crippen molar-refractivity contribution in [3.05, 3.63) is 28.6 Å². The average Bonchev–Trinajstić information content (AvgIpc) is 2.91. The lowest BCUT2D eigenvalue weighted by atomic mass is 9.86. The Balaban J connectivity index is 1.80. The van der Waals surface area contributed by atoms with Crippen molar-refractivity contribution < 1.29 is 13.9 Å². The molecule has 21 heavy (non-hydrogen) atoms. The Morgan fingerprint density at radius 3 is 2.76 bits per heavy atom. The van der Waals surface area contributed by atoms with Crippen LogP contribution in [0.2, 0.25) is 0 Å². The number of carbonyl (C=O) groups excluding carboxylic acids is 1. The Bertz CT molecular complexity index is 678. The fourth-order valence-corrected chi connectivity index (χ4v) is 3.45. The van der Waals surface area contributed by atoms with Gasteiger partial charge in [0.15, 0.2) is 5.82 Å². The number of esters is 1. The number of fused-ring (bicyclic) bond motifs is 1. The van der Waals surface area contributed by atoms with E-state index < -0.39 is 0 Å². The molecular weight excluding hydrogens is 339 g/mol. The van der Waals surface area contributed by atoms with E-state index in [0.717, 1.165) is 31.1 Å². The number of aromatic nitrogens is 2. The Morgan fingerprint density at radius 2 is 2.10 bits per heavy atom. The van der Waals surface area contributed by atoms with Crippen LogP contribution in [0.3, 0.4) is 0 Å². The summed E-state index contributed by atoms with van der Waals surface area (Å²) in [5, 5.41) is 5.16. The van der Waals surface area contributed by atoms with Crippen LogP contribution in [0.4, 0.5) is 4.39 Å². The first kappa shape index (κ1) is 14.5. The minimum atomic E-state index is -0.318. The maximum absolute atomic E-state index is 13.9. The predicted molar refractivity (Wildman–Crippen MR) is 80.4 cm³/mol. The Labute approximate surface area is 130 Å². The van der Waals surface area contributed by atoms with Crippen LogP contribution in [-0.2, 0) is 9.53 Å². The molecule has 0 atom stereocenters. The van der Waals surface area contributed by atoms with Crippen molar-refractivity contribution in [1.82, 2.24) is 9.78 Å². The van der Waals surface area contributed by atoms with Crippen molar-refractivity contribution in [1.29, 1.82) is 0 Å². The molecule has 1 fully saturated rings. The second-order valence-corrected chi connectivity index (χ2v) is 6.38. The molecular formula is C15H16BrFN2O2. The third-order valence-corrected chi connectivity index (χ3v) is 4.61. The fourth-order valence-electron chi connectivity index (χ4n) is 3.01. The molecule has 112 valence electrons. The second-order valence-electron chi connectivity index (χ2n) is 5.46. The normalized spacial score (nSPS) is 22.4. The molecule has 0 spiro atoms. The van der Waals surface area contributed by atoms with Gasteiger partial charge in [0.25, 0.3) is 0 Å². The monoisotopic (exact) mass is 354 g/mol. The highest BCUT2D eigenvalue weighted by Gasteiger charge is 2.28. The summed E-state index contributed by atoms with van der Waals surface area (Å²) in [5.74, 6) is -0.461. The minimum Gasteiger partial charge on any atom is -0.469 e. The van der Waals surface area contributed by atoms with Gasteiger partial charge in [-0.3, -0.25) is 9.48 Å². The van der Waals surface area contributed by atoms with Crippen LogP contribution in [0.5, 0.6) is 0 Å². The van der Waals surface area contributed by atoms with Crippen LogP contribution >= 0.6 is 15.9 Å². The molecule has 1 aromatic heterocycles. The van der Waals surface area contributed by atoms with E-state index in [1.54, 1.807) is 0 Å². The summed E-state index contributed by atoms with van der Waals surface area (Å²) in [6, 6.07) is 3.51. The van der Waals surface area contributed by atoms with Crippen LogP contribution < -0.4 is 0 Å². The number of methoxy groups -OCH3 is 1. The highest BCUT2D eigenvalue weighted by atomic mass is 79.9. The molecule has 6 heteroatoms. The number of rotatable bonds is 2. The topological polar surface area (TPSA) is 44.1 Å². The van der Waals surface area contributed by atoms with Gasteiger partial charge in [-0.05, 0) is 37.8 Å². The molecule has 4 nitrogen and oxygen atoms in total. The van der Waals surface area contributed by atoms with Crippen LogP contribution in [0.25, 0.3) is 10.9 Å². The summed E-state index contributed by atoms with van der Waals surface area (Å²) in [4.78, 5) is 11.5. The second kappa shape index (κ2) is 5.75. The van der Waals surface area contributed by atoms with E-state index in [0.29, 0.717) is 9.99 Å². The third kappa shape index (κ3) is 2.81. The molecule has 3 rings (SSSR count). The molecule has 0 amide bonds. The number of carbonyl (C=O) groups is 1. The lowest BCUT2D eigenvalue weighted by Crippen LogP contribution is -2.24. The lowest BCUT2D eigenvalue weighted by Gasteiger charge is -2.26. The molecule has 0 N–H and O–H groups in total. The molecule has 1 aliphatic rings. The van der Waals surface area contributed by atoms with Crippen LogP contribution in [-0.4, -0.2) is 22.9 Å². The van der Waals surface area contributed by atoms with Gasteiger partial charge in [0.1, 0.15) is 5.52 Å². The number of hydrogen-bond donors (Lipinski definition) is 0. The molecule has 0 unspecified atom stereocenters. The summed E-state index contributed by atoms with van der Waals surface area (Å²) in [6.07, 6.45) is 5.18. The zero-order chi connectivity index (χ0) is 15.0. The smallest absolute Gasteiger partial charge is 0.308 e. The van der Waals surface area contributed by atoms with E-state index in [4.69, 9.17) is 4.74 Å². The van der Waals surface area contributed by atoms with Crippen molar-refractivity contribution in [2.75, 3.05) is 7.11 Å². The molecule has 2 aromatic rings. The largest absolute Gasteiger partial charge is 0.469 e. The fraction of sp³-hybridized carbons (Fsp3) is 0.467. The summed E-state index contributed by atoms with van der Waals surface area (Å²) in [6.45, 7) is 0. The van der Waals surface area contributed by atoms with Crippen LogP contribution in [0, 0.1) is 11.7 Å². The molecule has 1 aromatic carbocycles. The number of halogens is 2. The number of benzene rings is 1. The van der Waals surface area contributed by atoms with E-state index in [9.17, 15) is 9.18 Å². The summed E-state index contributed by atoms with van der Waals surface area (Å²) >= 11 is 3.29. The number of hydrogen-bond acceptors (Lipinski definition) is 3. The van der Waals surface area contributed by atoms with Gasteiger partial charge in [0.05, 0.1) is 19.1 Å². The summed E-state index contributed by atoms with van der Waals surface area (Å²) < 4.78 is 21.2. The SMILES string of the molecule is COC(=O)[C@H]1CC[C@H](n2cc3cc(Br)cc(F)c3n2)CC1. The van der Waals surface area contributed by atoms with Crippen LogP contribution in [0.1, 0.15) is 31.7 Å². The van der Waals surface area contributed by atoms with E-state index in [1.807, 2.05) is 16.9 Å². The van der Waals surface area contributed by atoms with Crippen LogP contribution in [0.15, 0.2) is 22.8 Å². The van der Waals surface area contributed by atoms with Crippen molar-refractivity contribution >= 4 is 32.8 Å². The predicted octanol–water partition coefficient (Wildman–Crippen LogP) is 3.84. The first-order valence-electron chi connectivity index (χ1n) is 7.00. The zero-order valence-electron chi connectivity index (χ0n) is 11.7. The maximum atomic E-state index is 13.9. The molecule has 0 saturated heterocycles. The third-order valence-electron chi connectivity index (χ3n) is 4.15. The number of ether oxygens (including phenoxy) is 1. The van der Waals surface area contributed by atoms with E-state index in [-0.39, 0.29) is 23.7 Å². The van der Waals surface area contributed by atoms with Crippen molar-refractivity contribution in [3.63, 3.8) is 0 Å². The first-order chi connectivity index (χ1) is 10.1. The van der Waals surface area contributed by atoms with Gasteiger partial charge < -0.3 is 4.74 Å². The van der Waals surface area contributed by atoms with Crippen molar-refractivity contribution in [2.45, 2.75) is 31.7 Å². The summed E-state index contributed by atoms with van der Waals surface area (Å²) in [7, 11) is 1.43. The molecule has 0 aliphatic heterocycles. The van der Waals surface area contributed by atoms with Gasteiger partial charge >= 0.3 is 5.97 Å². The van der Waals surface area contributed by atoms with E-state index in [1.165, 1.54) is 13.2 Å². The highest BCUT2D eigenvalue weighted by Crippen LogP contribution is 2.33. The lowest BCUT2D eigenvalue weighted by molar-refractivity contribution is -0.146. The minimum absolute atomic E-state index is 0.0119. The Hall–Kier alpha value is -1.43. The molecule has 1 heterocycles. The van der Waals surface area contributed by atoms with Crippen molar-refractivity contribution in [3.8, 4) is 0 Å². The molecule has 0 bridgehead atoms. The number of nitrogens with zero attached hydrogens (tertiary/aromatic N) is 2. The zero-order valence-corrected chi connectivity index (χ0v) is 13.3. The van der Waals surface area contributed by atoms with Gasteiger partial charge in [-0.15, -0.1) is 0 Å². The van der Waals surface area contributed by atoms with Gasteiger partial charge in [0.2, 0.25) is 0 Å². The Morgan fingerprint density at radius 1 is 1.38 bits per heavy atom. The van der Waals surface area contributed by atoms with Gasteiger partial charge in [-0.25, -0.2) is 4.39 Å². The average molecular weight is 355 g/mol.